The van der Waals surface area contributed by atoms with E-state index in [2.05, 4.69) is 9.72 Å². The van der Waals surface area contributed by atoms with Crippen LogP contribution >= 0.6 is 22.6 Å². The number of nitrogens with two attached hydrogens (primary N) is 1. The molecule has 88 valence electrons. The molecular formula is C8H6F3IN2O2. The number of hydrogen-bond donors (Lipinski definition) is 1. The molecular weight excluding hydrogens is 340 g/mol. The fourth-order valence-electron chi connectivity index (χ4n) is 0.941. The van der Waals surface area contributed by atoms with Gasteiger partial charge in [0.05, 0.1) is 11.3 Å². The Labute approximate surface area is 102 Å². The molecule has 0 radical (unpaired) electrons. The molecule has 8 heteroatoms. The van der Waals surface area contributed by atoms with Gasteiger partial charge >= 0.3 is 6.36 Å². The van der Waals surface area contributed by atoms with Gasteiger partial charge in [-0.1, -0.05) is 0 Å². The third-order valence-corrected chi connectivity index (χ3v) is 2.51. The average Bonchev–Trinajstić information content (AvgIpc) is 2.18. The van der Waals surface area contributed by atoms with Gasteiger partial charge in [-0.05, 0) is 28.7 Å². The normalized spacial score (nSPS) is 11.3. The maximum Gasteiger partial charge on any atom is 0.574 e. The van der Waals surface area contributed by atoms with Crippen molar-refractivity contribution in [3.05, 3.63) is 20.9 Å². The van der Waals surface area contributed by atoms with E-state index in [1.165, 1.54) is 6.07 Å². The standard InChI is InChI=1S/C8H6F3IN2O2/c9-8(10,11)16-7-4(3-15)1-5(12)6(2-13)14-7/h1,3H,2,13H2. The van der Waals surface area contributed by atoms with Gasteiger partial charge in [0.2, 0.25) is 5.88 Å². The molecule has 2 N–H and O–H groups in total. The largest absolute Gasteiger partial charge is 0.574 e. The second-order valence-electron chi connectivity index (χ2n) is 2.68. The minimum Gasteiger partial charge on any atom is -0.387 e. The predicted molar refractivity (Wildman–Crippen MR) is 56.9 cm³/mol. The number of pyridine rings is 1. The first-order valence-corrected chi connectivity index (χ1v) is 5.05. The number of nitrogens with zero attached hydrogens (tertiary/aromatic N) is 1. The molecule has 0 aromatic carbocycles. The van der Waals surface area contributed by atoms with E-state index in [4.69, 9.17) is 5.73 Å². The molecule has 16 heavy (non-hydrogen) atoms. The highest BCUT2D eigenvalue weighted by atomic mass is 127. The molecule has 1 aromatic rings. The van der Waals surface area contributed by atoms with Crippen molar-refractivity contribution in [2.24, 2.45) is 5.73 Å². The van der Waals surface area contributed by atoms with E-state index >= 15 is 0 Å². The van der Waals surface area contributed by atoms with E-state index in [1.807, 2.05) is 22.6 Å². The number of ether oxygens (including phenoxy) is 1. The van der Waals surface area contributed by atoms with E-state index in [0.29, 0.717) is 3.57 Å². The second kappa shape index (κ2) is 4.95. The van der Waals surface area contributed by atoms with Crippen LogP contribution in [-0.4, -0.2) is 17.6 Å². The molecule has 0 spiro atoms. The summed E-state index contributed by atoms with van der Waals surface area (Å²) < 4.78 is 40.1. The molecule has 0 fully saturated rings. The molecule has 0 unspecified atom stereocenters. The van der Waals surface area contributed by atoms with E-state index in [1.54, 1.807) is 0 Å². The zero-order chi connectivity index (χ0) is 12.3. The van der Waals surface area contributed by atoms with Crippen molar-refractivity contribution in [1.29, 1.82) is 0 Å². The molecule has 0 saturated carbocycles. The second-order valence-corrected chi connectivity index (χ2v) is 3.84. The molecule has 0 aliphatic carbocycles. The Morgan fingerprint density at radius 2 is 2.19 bits per heavy atom. The number of aldehydes is 1. The van der Waals surface area contributed by atoms with Crippen LogP contribution in [0.2, 0.25) is 0 Å². The Kier molecular flexibility index (Phi) is 4.08. The fraction of sp³-hybridized carbons (Fsp3) is 0.250. The molecule has 1 heterocycles. The lowest BCUT2D eigenvalue weighted by Crippen LogP contribution is -2.20. The number of carbonyl (C=O) groups is 1. The summed E-state index contributed by atoms with van der Waals surface area (Å²) in [5.41, 5.74) is 5.26. The lowest BCUT2D eigenvalue weighted by atomic mass is 10.2. The van der Waals surface area contributed by atoms with Crippen molar-refractivity contribution < 1.29 is 22.7 Å². The number of carbonyl (C=O) groups excluding carboxylic acids is 1. The Hall–Kier alpha value is -0.900. The highest BCUT2D eigenvalue weighted by molar-refractivity contribution is 14.1. The van der Waals surface area contributed by atoms with Gasteiger partial charge in [0, 0.05) is 10.1 Å². The van der Waals surface area contributed by atoms with Gasteiger partial charge in [-0.2, -0.15) is 0 Å². The van der Waals surface area contributed by atoms with Crippen molar-refractivity contribution in [2.75, 3.05) is 0 Å². The lowest BCUT2D eigenvalue weighted by molar-refractivity contribution is -0.276. The molecule has 1 rings (SSSR count). The van der Waals surface area contributed by atoms with Crippen LogP contribution in [-0.2, 0) is 6.54 Å². The van der Waals surface area contributed by atoms with Crippen LogP contribution in [0.25, 0.3) is 0 Å². The molecule has 0 bridgehead atoms. The monoisotopic (exact) mass is 346 g/mol. The van der Waals surface area contributed by atoms with Crippen LogP contribution in [0.15, 0.2) is 6.07 Å². The molecule has 0 aliphatic heterocycles. The number of rotatable bonds is 3. The van der Waals surface area contributed by atoms with E-state index < -0.39 is 12.2 Å². The summed E-state index contributed by atoms with van der Waals surface area (Å²) in [7, 11) is 0. The summed E-state index contributed by atoms with van der Waals surface area (Å²) in [4.78, 5) is 14.1. The highest BCUT2D eigenvalue weighted by Crippen LogP contribution is 2.26. The SMILES string of the molecule is NCc1nc(OC(F)(F)F)c(C=O)cc1I. The molecule has 0 saturated heterocycles. The Bertz CT molecular complexity index is 409. The average molecular weight is 346 g/mol. The number of hydrogen-bond acceptors (Lipinski definition) is 4. The Morgan fingerprint density at radius 3 is 2.62 bits per heavy atom. The third-order valence-electron chi connectivity index (χ3n) is 1.57. The quantitative estimate of drug-likeness (QED) is 0.670. The topological polar surface area (TPSA) is 65.2 Å². The summed E-state index contributed by atoms with van der Waals surface area (Å²) in [5.74, 6) is -0.775. The van der Waals surface area contributed by atoms with E-state index in [0.717, 1.165) is 0 Å². The summed E-state index contributed by atoms with van der Waals surface area (Å²) in [6.07, 6.45) is -4.64. The van der Waals surface area contributed by atoms with Crippen molar-refractivity contribution in [1.82, 2.24) is 4.98 Å². The van der Waals surface area contributed by atoms with Crippen LogP contribution < -0.4 is 10.5 Å². The number of halogens is 4. The molecule has 0 amide bonds. The highest BCUT2D eigenvalue weighted by Gasteiger charge is 2.33. The van der Waals surface area contributed by atoms with Crippen molar-refractivity contribution in [3.8, 4) is 5.88 Å². The molecule has 1 aromatic heterocycles. The first-order chi connectivity index (χ1) is 7.37. The van der Waals surface area contributed by atoms with Crippen LogP contribution in [0.5, 0.6) is 5.88 Å². The fourth-order valence-corrected chi connectivity index (χ4v) is 1.62. The minimum absolute atomic E-state index is 0.0361. The Balaban J connectivity index is 3.20. The third kappa shape index (κ3) is 3.30. The minimum atomic E-state index is -4.89. The summed E-state index contributed by atoms with van der Waals surface area (Å²) in [6, 6.07) is 1.24. The van der Waals surface area contributed by atoms with Gasteiger partial charge in [0.1, 0.15) is 0 Å². The van der Waals surface area contributed by atoms with E-state index in [9.17, 15) is 18.0 Å². The van der Waals surface area contributed by atoms with Crippen LogP contribution in [0.1, 0.15) is 16.1 Å². The smallest absolute Gasteiger partial charge is 0.387 e. The molecule has 0 atom stereocenters. The van der Waals surface area contributed by atoms with Gasteiger partial charge in [0.25, 0.3) is 0 Å². The van der Waals surface area contributed by atoms with Gasteiger partial charge < -0.3 is 10.5 Å². The predicted octanol–water partition coefficient (Wildman–Crippen LogP) is 1.86. The van der Waals surface area contributed by atoms with Crippen molar-refractivity contribution in [3.63, 3.8) is 0 Å². The van der Waals surface area contributed by atoms with Crippen LogP contribution in [0.4, 0.5) is 13.2 Å². The number of aromatic nitrogens is 1. The lowest BCUT2D eigenvalue weighted by Gasteiger charge is -2.11. The summed E-state index contributed by atoms with van der Waals surface area (Å²) in [6.45, 7) is -0.0361. The van der Waals surface area contributed by atoms with Crippen molar-refractivity contribution in [2.45, 2.75) is 12.9 Å². The van der Waals surface area contributed by atoms with Gasteiger partial charge in [-0.25, -0.2) is 4.98 Å². The summed E-state index contributed by atoms with van der Waals surface area (Å²) >= 11 is 1.83. The Morgan fingerprint density at radius 1 is 1.56 bits per heavy atom. The zero-order valence-corrected chi connectivity index (χ0v) is 9.87. The zero-order valence-electron chi connectivity index (χ0n) is 7.71. The van der Waals surface area contributed by atoms with Crippen LogP contribution in [0.3, 0.4) is 0 Å². The van der Waals surface area contributed by atoms with Crippen LogP contribution in [0, 0.1) is 3.57 Å². The summed E-state index contributed by atoms with van der Waals surface area (Å²) in [5, 5.41) is 0. The number of alkyl halides is 3. The maximum absolute atomic E-state index is 12.0. The van der Waals surface area contributed by atoms with Gasteiger partial charge in [-0.3, -0.25) is 4.79 Å². The maximum atomic E-state index is 12.0. The first-order valence-electron chi connectivity index (χ1n) is 3.97. The van der Waals surface area contributed by atoms with E-state index in [-0.39, 0.29) is 24.1 Å². The molecule has 4 nitrogen and oxygen atoms in total. The first kappa shape index (κ1) is 13.2. The molecule has 0 aliphatic rings. The van der Waals surface area contributed by atoms with Gasteiger partial charge in [0.15, 0.2) is 6.29 Å². The van der Waals surface area contributed by atoms with Gasteiger partial charge in [-0.15, -0.1) is 13.2 Å². The van der Waals surface area contributed by atoms with Crippen molar-refractivity contribution >= 4 is 28.9 Å².